The summed E-state index contributed by atoms with van der Waals surface area (Å²) in [6.07, 6.45) is 5.68. The first-order chi connectivity index (χ1) is 9.75. The molecular weight excluding hydrogens is 274 g/mol. The van der Waals surface area contributed by atoms with Crippen molar-refractivity contribution in [3.05, 3.63) is 53.3 Å². The van der Waals surface area contributed by atoms with Crippen LogP contribution in [0.4, 0.5) is 0 Å². The van der Waals surface area contributed by atoms with E-state index in [0.29, 0.717) is 19.4 Å². The summed E-state index contributed by atoms with van der Waals surface area (Å²) in [5, 5.41) is 7.74. The Morgan fingerprint density at radius 1 is 1.30 bits per heavy atom. The normalized spacial score (nSPS) is 10.4. The first-order valence-corrected chi connectivity index (χ1v) is 7.11. The number of amides is 1. The first kappa shape index (κ1) is 14.6. The van der Waals surface area contributed by atoms with E-state index in [2.05, 4.69) is 10.4 Å². The van der Waals surface area contributed by atoms with E-state index in [9.17, 15) is 4.79 Å². The van der Waals surface area contributed by atoms with E-state index < -0.39 is 0 Å². The number of hydrogen-bond donors (Lipinski definition) is 1. The van der Waals surface area contributed by atoms with Crippen LogP contribution in [0.15, 0.2) is 42.7 Å². The van der Waals surface area contributed by atoms with Gasteiger partial charge in [0.1, 0.15) is 0 Å². The highest BCUT2D eigenvalue weighted by Crippen LogP contribution is 2.16. The Kier molecular flexibility index (Phi) is 5.62. The summed E-state index contributed by atoms with van der Waals surface area (Å²) in [5.41, 5.74) is 1.01. The Bertz CT molecular complexity index is 540. The minimum Gasteiger partial charge on any atom is -0.356 e. The number of nitrogens with one attached hydrogen (secondary N) is 1. The molecular formula is C15H18ClN3O. The van der Waals surface area contributed by atoms with Crippen molar-refractivity contribution < 1.29 is 4.79 Å². The van der Waals surface area contributed by atoms with E-state index in [1.54, 1.807) is 6.20 Å². The molecule has 4 nitrogen and oxygen atoms in total. The van der Waals surface area contributed by atoms with Gasteiger partial charge >= 0.3 is 0 Å². The molecule has 1 heterocycles. The van der Waals surface area contributed by atoms with Crippen molar-refractivity contribution in [1.82, 2.24) is 15.1 Å². The minimum atomic E-state index is 0.0605. The first-order valence-electron chi connectivity index (χ1n) is 6.73. The van der Waals surface area contributed by atoms with Gasteiger partial charge in [-0.2, -0.15) is 5.10 Å². The molecule has 1 N–H and O–H groups in total. The highest BCUT2D eigenvalue weighted by molar-refractivity contribution is 6.31. The lowest BCUT2D eigenvalue weighted by Gasteiger charge is -2.06. The summed E-state index contributed by atoms with van der Waals surface area (Å²) in [6.45, 7) is 1.49. The van der Waals surface area contributed by atoms with E-state index >= 15 is 0 Å². The Hall–Kier alpha value is -1.81. The molecule has 1 aromatic heterocycles. The predicted octanol–water partition coefficient (Wildman–Crippen LogP) is 2.68. The lowest BCUT2D eigenvalue weighted by Crippen LogP contribution is -2.25. The second-order valence-corrected chi connectivity index (χ2v) is 4.97. The van der Waals surface area contributed by atoms with Crippen LogP contribution in [0.2, 0.25) is 5.02 Å². The van der Waals surface area contributed by atoms with Gasteiger partial charge in [0.25, 0.3) is 0 Å². The number of hydrogen-bond acceptors (Lipinski definition) is 2. The third-order valence-corrected chi connectivity index (χ3v) is 3.39. The van der Waals surface area contributed by atoms with Crippen molar-refractivity contribution in [2.24, 2.45) is 0 Å². The van der Waals surface area contributed by atoms with Gasteiger partial charge in [-0.15, -0.1) is 0 Å². The quantitative estimate of drug-likeness (QED) is 0.797. The van der Waals surface area contributed by atoms with Gasteiger partial charge in [-0.05, 0) is 30.5 Å². The number of benzene rings is 1. The number of rotatable bonds is 7. The third-order valence-electron chi connectivity index (χ3n) is 3.02. The summed E-state index contributed by atoms with van der Waals surface area (Å²) >= 11 is 6.05. The molecule has 2 rings (SSSR count). The average Bonchev–Trinajstić information content (AvgIpc) is 2.96. The van der Waals surface area contributed by atoms with Gasteiger partial charge in [-0.25, -0.2) is 0 Å². The topological polar surface area (TPSA) is 46.9 Å². The van der Waals surface area contributed by atoms with Crippen molar-refractivity contribution >= 4 is 17.5 Å². The van der Waals surface area contributed by atoms with Crippen molar-refractivity contribution in [1.29, 1.82) is 0 Å². The third kappa shape index (κ3) is 4.70. The van der Waals surface area contributed by atoms with Crippen LogP contribution >= 0.6 is 11.6 Å². The Morgan fingerprint density at radius 2 is 2.15 bits per heavy atom. The van der Waals surface area contributed by atoms with Crippen LogP contribution in [0.5, 0.6) is 0 Å². The van der Waals surface area contributed by atoms with Gasteiger partial charge in [0, 0.05) is 36.9 Å². The van der Waals surface area contributed by atoms with Gasteiger partial charge in [0.05, 0.1) is 0 Å². The molecule has 5 heteroatoms. The molecule has 0 aliphatic carbocycles. The lowest BCUT2D eigenvalue weighted by molar-refractivity contribution is -0.121. The molecule has 0 aliphatic rings. The second kappa shape index (κ2) is 7.70. The summed E-state index contributed by atoms with van der Waals surface area (Å²) in [4.78, 5) is 11.7. The largest absolute Gasteiger partial charge is 0.356 e. The van der Waals surface area contributed by atoms with Crippen LogP contribution < -0.4 is 5.32 Å². The summed E-state index contributed by atoms with van der Waals surface area (Å²) in [6, 6.07) is 9.51. The smallest absolute Gasteiger partial charge is 0.220 e. The summed E-state index contributed by atoms with van der Waals surface area (Å²) < 4.78 is 1.86. The molecule has 0 bridgehead atoms. The van der Waals surface area contributed by atoms with Gasteiger partial charge in [0.2, 0.25) is 5.91 Å². The number of aryl methyl sites for hydroxylation is 2. The highest BCUT2D eigenvalue weighted by atomic mass is 35.5. The SMILES string of the molecule is O=C(CCc1ccccc1Cl)NCCCn1cccn1. The Labute approximate surface area is 123 Å². The van der Waals surface area contributed by atoms with E-state index in [-0.39, 0.29) is 5.91 Å². The van der Waals surface area contributed by atoms with E-state index in [0.717, 1.165) is 23.6 Å². The molecule has 0 radical (unpaired) electrons. The fourth-order valence-electron chi connectivity index (χ4n) is 1.94. The Balaban J connectivity index is 1.62. The molecule has 106 valence electrons. The molecule has 0 saturated heterocycles. The Morgan fingerprint density at radius 3 is 2.90 bits per heavy atom. The van der Waals surface area contributed by atoms with Crippen LogP contribution in [0.1, 0.15) is 18.4 Å². The monoisotopic (exact) mass is 291 g/mol. The van der Waals surface area contributed by atoms with E-state index in [1.165, 1.54) is 0 Å². The highest BCUT2D eigenvalue weighted by Gasteiger charge is 2.04. The van der Waals surface area contributed by atoms with Gasteiger partial charge in [-0.1, -0.05) is 29.8 Å². The second-order valence-electron chi connectivity index (χ2n) is 4.56. The molecule has 1 aromatic carbocycles. The van der Waals surface area contributed by atoms with Gasteiger partial charge in [0.15, 0.2) is 0 Å². The van der Waals surface area contributed by atoms with Crippen LogP contribution in [-0.4, -0.2) is 22.2 Å². The number of carbonyl (C=O) groups is 1. The summed E-state index contributed by atoms with van der Waals surface area (Å²) in [7, 11) is 0. The van der Waals surface area contributed by atoms with E-state index in [1.807, 2.05) is 41.2 Å². The molecule has 0 unspecified atom stereocenters. The van der Waals surface area contributed by atoms with Crippen LogP contribution in [-0.2, 0) is 17.8 Å². The molecule has 1 amide bonds. The molecule has 0 atom stereocenters. The fourth-order valence-corrected chi connectivity index (χ4v) is 2.17. The van der Waals surface area contributed by atoms with E-state index in [4.69, 9.17) is 11.6 Å². The number of carbonyl (C=O) groups excluding carboxylic acids is 1. The maximum Gasteiger partial charge on any atom is 0.220 e. The zero-order valence-corrected chi connectivity index (χ0v) is 12.0. The molecule has 0 spiro atoms. The number of halogens is 1. The number of aromatic nitrogens is 2. The maximum atomic E-state index is 11.7. The number of nitrogens with zero attached hydrogens (tertiary/aromatic N) is 2. The average molecular weight is 292 g/mol. The van der Waals surface area contributed by atoms with Crippen LogP contribution in [0.3, 0.4) is 0 Å². The maximum absolute atomic E-state index is 11.7. The van der Waals surface area contributed by atoms with Crippen molar-refractivity contribution in [3.8, 4) is 0 Å². The summed E-state index contributed by atoms with van der Waals surface area (Å²) in [5.74, 6) is 0.0605. The van der Waals surface area contributed by atoms with Crippen LogP contribution in [0.25, 0.3) is 0 Å². The minimum absolute atomic E-state index is 0.0605. The van der Waals surface area contributed by atoms with Crippen molar-refractivity contribution in [2.75, 3.05) is 6.54 Å². The molecule has 2 aromatic rings. The van der Waals surface area contributed by atoms with Crippen molar-refractivity contribution in [3.63, 3.8) is 0 Å². The molecule has 0 fully saturated rings. The fraction of sp³-hybridized carbons (Fsp3) is 0.333. The standard InChI is InChI=1S/C15H18ClN3O/c16-14-6-2-1-5-13(14)7-8-15(20)17-9-3-11-19-12-4-10-18-19/h1-2,4-6,10,12H,3,7-9,11H2,(H,17,20). The van der Waals surface area contributed by atoms with Gasteiger partial charge < -0.3 is 5.32 Å². The zero-order chi connectivity index (χ0) is 14.2. The molecule has 0 aliphatic heterocycles. The van der Waals surface area contributed by atoms with Gasteiger partial charge in [-0.3, -0.25) is 9.48 Å². The van der Waals surface area contributed by atoms with Crippen LogP contribution in [0, 0.1) is 0 Å². The molecule has 20 heavy (non-hydrogen) atoms. The predicted molar refractivity (Wildman–Crippen MR) is 79.6 cm³/mol. The zero-order valence-electron chi connectivity index (χ0n) is 11.3. The van der Waals surface area contributed by atoms with Crippen molar-refractivity contribution in [2.45, 2.75) is 25.8 Å². The molecule has 0 saturated carbocycles. The lowest BCUT2D eigenvalue weighted by atomic mass is 10.1.